The highest BCUT2D eigenvalue weighted by molar-refractivity contribution is 5.94. The number of nitrogens with zero attached hydrogens (tertiary/aromatic N) is 1. The van der Waals surface area contributed by atoms with Crippen LogP contribution in [0.3, 0.4) is 0 Å². The maximum Gasteiger partial charge on any atom is 0.265 e. The summed E-state index contributed by atoms with van der Waals surface area (Å²) in [5, 5.41) is 11.7. The molecule has 0 spiro atoms. The zero-order chi connectivity index (χ0) is 19.8. The van der Waals surface area contributed by atoms with Crippen LogP contribution in [0.1, 0.15) is 18.1 Å². The molecule has 0 heterocycles. The molecular weight excluding hydrogens is 352 g/mol. The summed E-state index contributed by atoms with van der Waals surface area (Å²) >= 11 is 0. The first-order valence-electron chi connectivity index (χ1n) is 8.88. The Morgan fingerprint density at radius 2 is 1.75 bits per heavy atom. The largest absolute Gasteiger partial charge is 0.489 e. The summed E-state index contributed by atoms with van der Waals surface area (Å²) in [6, 6.07) is 25.8. The molecule has 0 aliphatic rings. The second-order valence-corrected chi connectivity index (χ2v) is 6.19. The number of ether oxygens (including phenoxy) is 2. The van der Waals surface area contributed by atoms with Crippen molar-refractivity contribution >= 4 is 11.6 Å². The Labute approximate surface area is 164 Å². The third kappa shape index (κ3) is 5.36. The van der Waals surface area contributed by atoms with Gasteiger partial charge in [0.05, 0.1) is 11.6 Å². The van der Waals surface area contributed by atoms with Crippen LogP contribution >= 0.6 is 0 Å². The first kappa shape index (κ1) is 19.0. The molecular formula is C23H20N2O3. The highest BCUT2D eigenvalue weighted by Crippen LogP contribution is 2.18. The van der Waals surface area contributed by atoms with Crippen molar-refractivity contribution in [2.45, 2.75) is 19.6 Å². The fraction of sp³-hybridized carbons (Fsp3) is 0.130. The van der Waals surface area contributed by atoms with Crippen LogP contribution in [0, 0.1) is 11.3 Å². The molecule has 1 atom stereocenters. The lowest BCUT2D eigenvalue weighted by atomic mass is 10.2. The molecule has 0 radical (unpaired) electrons. The normalized spacial score (nSPS) is 11.1. The van der Waals surface area contributed by atoms with Crippen molar-refractivity contribution in [3.8, 4) is 17.6 Å². The van der Waals surface area contributed by atoms with Crippen molar-refractivity contribution in [3.63, 3.8) is 0 Å². The summed E-state index contributed by atoms with van der Waals surface area (Å²) in [5.41, 5.74) is 2.22. The molecule has 1 amide bonds. The molecule has 0 fully saturated rings. The molecule has 0 aromatic heterocycles. The van der Waals surface area contributed by atoms with Crippen molar-refractivity contribution in [2.24, 2.45) is 0 Å². The van der Waals surface area contributed by atoms with Gasteiger partial charge in [-0.2, -0.15) is 5.26 Å². The van der Waals surface area contributed by atoms with Gasteiger partial charge in [0.2, 0.25) is 0 Å². The van der Waals surface area contributed by atoms with Gasteiger partial charge in [0.1, 0.15) is 18.1 Å². The minimum atomic E-state index is -0.706. The quantitative estimate of drug-likeness (QED) is 0.661. The summed E-state index contributed by atoms with van der Waals surface area (Å²) < 4.78 is 11.4. The van der Waals surface area contributed by atoms with E-state index >= 15 is 0 Å². The van der Waals surface area contributed by atoms with Gasteiger partial charge in [0.15, 0.2) is 6.10 Å². The average Bonchev–Trinajstić information content (AvgIpc) is 2.74. The Morgan fingerprint density at radius 1 is 1.00 bits per heavy atom. The Balaban J connectivity index is 1.52. The van der Waals surface area contributed by atoms with E-state index in [2.05, 4.69) is 5.32 Å². The number of rotatable bonds is 7. The van der Waals surface area contributed by atoms with Crippen LogP contribution in [0.15, 0.2) is 78.9 Å². The van der Waals surface area contributed by atoms with Crippen LogP contribution < -0.4 is 14.8 Å². The lowest BCUT2D eigenvalue weighted by molar-refractivity contribution is -0.122. The Morgan fingerprint density at radius 3 is 2.46 bits per heavy atom. The molecule has 3 aromatic carbocycles. The number of nitriles is 1. The van der Waals surface area contributed by atoms with E-state index in [4.69, 9.17) is 14.7 Å². The number of nitrogens with one attached hydrogen (secondary N) is 1. The van der Waals surface area contributed by atoms with Crippen LogP contribution in [0.2, 0.25) is 0 Å². The van der Waals surface area contributed by atoms with Crippen molar-refractivity contribution in [2.75, 3.05) is 5.32 Å². The van der Waals surface area contributed by atoms with Gasteiger partial charge in [0, 0.05) is 5.69 Å². The second kappa shape index (κ2) is 9.24. The minimum Gasteiger partial charge on any atom is -0.489 e. The second-order valence-electron chi connectivity index (χ2n) is 6.19. The molecule has 5 nitrogen and oxygen atoms in total. The molecule has 28 heavy (non-hydrogen) atoms. The highest BCUT2D eigenvalue weighted by atomic mass is 16.5. The van der Waals surface area contributed by atoms with Gasteiger partial charge in [-0.05, 0) is 55.0 Å². The molecule has 1 unspecified atom stereocenters. The van der Waals surface area contributed by atoms with Crippen LogP contribution in [0.4, 0.5) is 5.69 Å². The van der Waals surface area contributed by atoms with E-state index in [-0.39, 0.29) is 5.91 Å². The third-order valence-corrected chi connectivity index (χ3v) is 4.02. The number of hydrogen-bond donors (Lipinski definition) is 1. The Kier molecular flexibility index (Phi) is 6.27. The molecule has 0 saturated heterocycles. The van der Waals surface area contributed by atoms with E-state index in [1.165, 1.54) is 0 Å². The SMILES string of the molecule is CC(Oc1cccc(C#N)c1)C(=O)Nc1ccc(OCc2ccccc2)cc1. The minimum absolute atomic E-state index is 0.277. The zero-order valence-corrected chi connectivity index (χ0v) is 15.5. The molecule has 3 rings (SSSR count). The maximum absolute atomic E-state index is 12.3. The van der Waals surface area contributed by atoms with Gasteiger partial charge in [0.25, 0.3) is 5.91 Å². The van der Waals surface area contributed by atoms with Gasteiger partial charge in [-0.25, -0.2) is 0 Å². The van der Waals surface area contributed by atoms with Crippen LogP contribution in [-0.2, 0) is 11.4 Å². The molecule has 0 bridgehead atoms. The first-order valence-corrected chi connectivity index (χ1v) is 8.88. The van der Waals surface area contributed by atoms with Crippen molar-refractivity contribution in [1.82, 2.24) is 0 Å². The molecule has 1 N–H and O–H groups in total. The summed E-state index contributed by atoms with van der Waals surface area (Å²) in [6.45, 7) is 2.14. The lowest BCUT2D eigenvalue weighted by Crippen LogP contribution is -2.30. The highest BCUT2D eigenvalue weighted by Gasteiger charge is 2.15. The smallest absolute Gasteiger partial charge is 0.265 e. The van der Waals surface area contributed by atoms with E-state index in [1.807, 2.05) is 36.4 Å². The molecule has 140 valence electrons. The number of benzene rings is 3. The molecule has 5 heteroatoms. The van der Waals surface area contributed by atoms with E-state index in [0.29, 0.717) is 23.6 Å². The zero-order valence-electron chi connectivity index (χ0n) is 15.5. The van der Waals surface area contributed by atoms with E-state index in [0.717, 1.165) is 11.3 Å². The van der Waals surface area contributed by atoms with E-state index < -0.39 is 6.10 Å². The fourth-order valence-corrected chi connectivity index (χ4v) is 2.52. The van der Waals surface area contributed by atoms with E-state index in [1.54, 1.807) is 55.5 Å². The van der Waals surface area contributed by atoms with E-state index in [9.17, 15) is 4.79 Å². The summed E-state index contributed by atoms with van der Waals surface area (Å²) in [4.78, 5) is 12.3. The van der Waals surface area contributed by atoms with Crippen molar-refractivity contribution < 1.29 is 14.3 Å². The summed E-state index contributed by atoms with van der Waals surface area (Å²) in [6.07, 6.45) is -0.706. The van der Waals surface area contributed by atoms with Gasteiger partial charge in [-0.15, -0.1) is 0 Å². The molecule has 3 aromatic rings. The Bertz CT molecular complexity index is 963. The number of hydrogen-bond acceptors (Lipinski definition) is 4. The number of carbonyl (C=O) groups excluding carboxylic acids is 1. The summed E-state index contributed by atoms with van der Waals surface area (Å²) in [7, 11) is 0. The molecule has 0 aliphatic carbocycles. The van der Waals surface area contributed by atoms with Crippen molar-refractivity contribution in [3.05, 3.63) is 90.0 Å². The Hall–Kier alpha value is -3.78. The first-order chi connectivity index (χ1) is 13.6. The molecule has 0 saturated carbocycles. The average molecular weight is 372 g/mol. The van der Waals surface area contributed by atoms with Gasteiger partial charge in [-0.3, -0.25) is 4.79 Å². The van der Waals surface area contributed by atoms with Crippen LogP contribution in [-0.4, -0.2) is 12.0 Å². The van der Waals surface area contributed by atoms with Crippen LogP contribution in [0.5, 0.6) is 11.5 Å². The maximum atomic E-state index is 12.3. The van der Waals surface area contributed by atoms with Crippen molar-refractivity contribution in [1.29, 1.82) is 5.26 Å². The van der Waals surface area contributed by atoms with Crippen LogP contribution in [0.25, 0.3) is 0 Å². The third-order valence-electron chi connectivity index (χ3n) is 4.02. The fourth-order valence-electron chi connectivity index (χ4n) is 2.52. The number of anilines is 1. The van der Waals surface area contributed by atoms with Gasteiger partial charge >= 0.3 is 0 Å². The lowest BCUT2D eigenvalue weighted by Gasteiger charge is -2.15. The number of amides is 1. The predicted octanol–water partition coefficient (Wildman–Crippen LogP) is 4.54. The predicted molar refractivity (Wildman–Crippen MR) is 107 cm³/mol. The summed E-state index contributed by atoms with van der Waals surface area (Å²) in [5.74, 6) is 0.922. The topological polar surface area (TPSA) is 71.3 Å². The van der Waals surface area contributed by atoms with Gasteiger partial charge < -0.3 is 14.8 Å². The monoisotopic (exact) mass is 372 g/mol. The molecule has 0 aliphatic heterocycles. The standard InChI is InChI=1S/C23H20N2O3/c1-17(28-22-9-5-8-19(14-22)15-24)23(26)25-20-10-12-21(13-11-20)27-16-18-6-3-2-4-7-18/h2-14,17H,16H2,1H3,(H,25,26). The number of carbonyl (C=O) groups is 1. The van der Waals surface area contributed by atoms with Gasteiger partial charge in [-0.1, -0.05) is 36.4 Å².